The fourth-order valence-corrected chi connectivity index (χ4v) is 4.50. The summed E-state index contributed by atoms with van der Waals surface area (Å²) in [6.07, 6.45) is 7.46. The van der Waals surface area contributed by atoms with Crippen LogP contribution in [0.5, 0.6) is 0 Å². The number of fused-ring (bicyclic) bond motifs is 3. The summed E-state index contributed by atoms with van der Waals surface area (Å²) in [4.78, 5) is 19.9. The molecule has 0 bridgehead atoms. The third-order valence-electron chi connectivity index (χ3n) is 4.41. The molecule has 0 amide bonds. The van der Waals surface area contributed by atoms with Gasteiger partial charge in [0.05, 0.1) is 11.1 Å². The molecule has 0 saturated carbocycles. The molecule has 2 aromatic heterocycles. The molecule has 0 radical (unpaired) electrons. The van der Waals surface area contributed by atoms with Crippen LogP contribution in [-0.4, -0.2) is 9.55 Å². The van der Waals surface area contributed by atoms with Crippen LogP contribution in [-0.2, 0) is 12.8 Å². The van der Waals surface area contributed by atoms with Crippen LogP contribution in [0.15, 0.2) is 35.4 Å². The lowest BCUT2D eigenvalue weighted by molar-refractivity contribution is 0.713. The number of hydrogen-bond acceptors (Lipinski definition) is 3. The molecule has 22 heavy (non-hydrogen) atoms. The van der Waals surface area contributed by atoms with Crippen LogP contribution < -0.4 is 5.56 Å². The SMILES string of the molecule is Cc1cccc(-n2cnc3sc4c(c3c2=O)CCCCC4)c1. The first-order chi connectivity index (χ1) is 10.7. The topological polar surface area (TPSA) is 34.9 Å². The Morgan fingerprint density at radius 3 is 2.91 bits per heavy atom. The van der Waals surface area contributed by atoms with Gasteiger partial charge in [-0.15, -0.1) is 11.3 Å². The van der Waals surface area contributed by atoms with Gasteiger partial charge in [0, 0.05) is 4.88 Å². The number of benzene rings is 1. The Balaban J connectivity index is 1.97. The van der Waals surface area contributed by atoms with Gasteiger partial charge in [0.25, 0.3) is 5.56 Å². The number of aryl methyl sites for hydroxylation is 3. The molecule has 0 aliphatic heterocycles. The maximum absolute atomic E-state index is 13.0. The number of thiophene rings is 1. The predicted octanol–water partition coefficient (Wildman–Crippen LogP) is 4.02. The number of nitrogens with zero attached hydrogens (tertiary/aromatic N) is 2. The van der Waals surface area contributed by atoms with E-state index >= 15 is 0 Å². The molecule has 4 heteroatoms. The minimum Gasteiger partial charge on any atom is -0.268 e. The van der Waals surface area contributed by atoms with E-state index in [-0.39, 0.29) is 5.56 Å². The lowest BCUT2D eigenvalue weighted by Crippen LogP contribution is -2.19. The van der Waals surface area contributed by atoms with Crippen molar-refractivity contribution in [2.24, 2.45) is 0 Å². The molecule has 1 aromatic carbocycles. The van der Waals surface area contributed by atoms with E-state index in [1.807, 2.05) is 31.2 Å². The Hall–Kier alpha value is -1.94. The fourth-order valence-electron chi connectivity index (χ4n) is 3.28. The van der Waals surface area contributed by atoms with Crippen LogP contribution in [0.2, 0.25) is 0 Å². The average Bonchev–Trinajstić information content (AvgIpc) is 2.70. The molecule has 2 heterocycles. The molecule has 1 aliphatic rings. The highest BCUT2D eigenvalue weighted by Crippen LogP contribution is 2.32. The van der Waals surface area contributed by atoms with Gasteiger partial charge in [-0.1, -0.05) is 18.6 Å². The van der Waals surface area contributed by atoms with Gasteiger partial charge in [-0.25, -0.2) is 4.98 Å². The zero-order valence-corrected chi connectivity index (χ0v) is 13.4. The first-order valence-electron chi connectivity index (χ1n) is 7.83. The molecule has 0 atom stereocenters. The summed E-state index contributed by atoms with van der Waals surface area (Å²) in [7, 11) is 0. The van der Waals surface area contributed by atoms with Gasteiger partial charge in [-0.3, -0.25) is 9.36 Å². The van der Waals surface area contributed by atoms with Crippen molar-refractivity contribution in [3.05, 3.63) is 57.0 Å². The lowest BCUT2D eigenvalue weighted by Gasteiger charge is -2.06. The summed E-state index contributed by atoms with van der Waals surface area (Å²) in [6.45, 7) is 2.04. The minimum absolute atomic E-state index is 0.0787. The van der Waals surface area contributed by atoms with Crippen molar-refractivity contribution in [2.45, 2.75) is 39.0 Å². The molecule has 0 fully saturated rings. The Labute approximate surface area is 133 Å². The first kappa shape index (κ1) is 13.7. The summed E-state index contributed by atoms with van der Waals surface area (Å²) in [5.74, 6) is 0. The molecule has 0 N–H and O–H groups in total. The third kappa shape index (κ3) is 2.18. The summed E-state index contributed by atoms with van der Waals surface area (Å²) in [6, 6.07) is 8.01. The number of hydrogen-bond donors (Lipinski definition) is 0. The van der Waals surface area contributed by atoms with Crippen molar-refractivity contribution in [1.82, 2.24) is 9.55 Å². The number of rotatable bonds is 1. The molecule has 0 saturated heterocycles. The summed E-state index contributed by atoms with van der Waals surface area (Å²) in [5, 5.41) is 0.853. The Morgan fingerprint density at radius 2 is 2.05 bits per heavy atom. The highest BCUT2D eigenvalue weighted by Gasteiger charge is 2.19. The zero-order chi connectivity index (χ0) is 15.1. The molecule has 3 aromatic rings. The van der Waals surface area contributed by atoms with Crippen molar-refractivity contribution in [2.75, 3.05) is 0 Å². The van der Waals surface area contributed by atoms with E-state index in [0.29, 0.717) is 0 Å². The average molecular weight is 310 g/mol. The van der Waals surface area contributed by atoms with Crippen LogP contribution in [0.3, 0.4) is 0 Å². The van der Waals surface area contributed by atoms with Gasteiger partial charge in [-0.2, -0.15) is 0 Å². The Bertz CT molecular complexity index is 907. The summed E-state index contributed by atoms with van der Waals surface area (Å²) >= 11 is 1.71. The van der Waals surface area contributed by atoms with Gasteiger partial charge in [0.15, 0.2) is 0 Å². The predicted molar refractivity (Wildman–Crippen MR) is 91.2 cm³/mol. The van der Waals surface area contributed by atoms with Crippen molar-refractivity contribution < 1.29 is 0 Å². The standard InChI is InChI=1S/C18H18N2OS/c1-12-6-5-7-13(10-12)20-11-19-17-16(18(20)21)14-8-3-2-4-9-15(14)22-17/h5-7,10-11H,2-4,8-9H2,1H3. The maximum atomic E-state index is 13.0. The van der Waals surface area contributed by atoms with Crippen LogP contribution in [0.4, 0.5) is 0 Å². The zero-order valence-electron chi connectivity index (χ0n) is 12.6. The van der Waals surface area contributed by atoms with Crippen LogP contribution >= 0.6 is 11.3 Å². The molecule has 1 aliphatic carbocycles. The van der Waals surface area contributed by atoms with Crippen LogP contribution in [0, 0.1) is 6.92 Å². The molecule has 0 spiro atoms. The Morgan fingerprint density at radius 1 is 1.18 bits per heavy atom. The molecular formula is C18H18N2OS. The quantitative estimate of drug-likeness (QED) is 0.636. The van der Waals surface area contributed by atoms with E-state index < -0.39 is 0 Å². The maximum Gasteiger partial charge on any atom is 0.266 e. The van der Waals surface area contributed by atoms with E-state index in [1.54, 1.807) is 22.2 Å². The molecule has 3 nitrogen and oxygen atoms in total. The number of aromatic nitrogens is 2. The largest absolute Gasteiger partial charge is 0.268 e. The first-order valence-corrected chi connectivity index (χ1v) is 8.64. The van der Waals surface area contributed by atoms with E-state index in [9.17, 15) is 4.79 Å². The van der Waals surface area contributed by atoms with Crippen LogP contribution in [0.25, 0.3) is 15.9 Å². The van der Waals surface area contributed by atoms with Crippen molar-refractivity contribution in [3.63, 3.8) is 0 Å². The second-order valence-electron chi connectivity index (χ2n) is 6.00. The molecule has 112 valence electrons. The van der Waals surface area contributed by atoms with E-state index in [1.165, 1.54) is 29.7 Å². The van der Waals surface area contributed by atoms with Crippen LogP contribution in [0.1, 0.15) is 35.3 Å². The van der Waals surface area contributed by atoms with Crippen molar-refractivity contribution in [3.8, 4) is 5.69 Å². The highest BCUT2D eigenvalue weighted by atomic mass is 32.1. The Kier molecular flexibility index (Phi) is 3.34. The van der Waals surface area contributed by atoms with E-state index in [2.05, 4.69) is 4.98 Å². The van der Waals surface area contributed by atoms with Gasteiger partial charge in [0.2, 0.25) is 0 Å². The van der Waals surface area contributed by atoms with Crippen molar-refractivity contribution >= 4 is 21.6 Å². The smallest absolute Gasteiger partial charge is 0.266 e. The monoisotopic (exact) mass is 310 g/mol. The normalized spacial score (nSPS) is 14.8. The molecular weight excluding hydrogens is 292 g/mol. The second-order valence-corrected chi connectivity index (χ2v) is 7.09. The molecule has 0 unspecified atom stereocenters. The summed E-state index contributed by atoms with van der Waals surface area (Å²) in [5.41, 5.74) is 3.38. The molecule has 4 rings (SSSR count). The van der Waals surface area contributed by atoms with Gasteiger partial charge in [-0.05, 0) is 55.9 Å². The van der Waals surface area contributed by atoms with E-state index in [0.717, 1.165) is 34.3 Å². The fraction of sp³-hybridized carbons (Fsp3) is 0.333. The van der Waals surface area contributed by atoms with Gasteiger partial charge >= 0.3 is 0 Å². The highest BCUT2D eigenvalue weighted by molar-refractivity contribution is 7.18. The van der Waals surface area contributed by atoms with Gasteiger partial charge < -0.3 is 0 Å². The van der Waals surface area contributed by atoms with Gasteiger partial charge in [0.1, 0.15) is 11.2 Å². The lowest BCUT2D eigenvalue weighted by atomic mass is 10.1. The van der Waals surface area contributed by atoms with Crippen molar-refractivity contribution in [1.29, 1.82) is 0 Å². The third-order valence-corrected chi connectivity index (χ3v) is 5.61. The summed E-state index contributed by atoms with van der Waals surface area (Å²) < 4.78 is 1.69. The second kappa shape index (κ2) is 5.36. The minimum atomic E-state index is 0.0787. The van der Waals surface area contributed by atoms with E-state index in [4.69, 9.17) is 0 Å².